The van der Waals surface area contributed by atoms with Crippen molar-refractivity contribution < 1.29 is 13.2 Å². The van der Waals surface area contributed by atoms with Crippen molar-refractivity contribution in [3.8, 4) is 5.75 Å². The van der Waals surface area contributed by atoms with Crippen LogP contribution in [-0.4, -0.2) is 26.0 Å². The molecule has 0 aliphatic carbocycles. The van der Waals surface area contributed by atoms with Crippen molar-refractivity contribution in [1.29, 1.82) is 0 Å². The van der Waals surface area contributed by atoms with Crippen molar-refractivity contribution in [2.24, 2.45) is 0 Å². The highest BCUT2D eigenvalue weighted by atomic mass is 79.9. The van der Waals surface area contributed by atoms with Crippen LogP contribution < -0.4 is 4.74 Å². The van der Waals surface area contributed by atoms with Gasteiger partial charge in [-0.15, -0.1) is 0 Å². The smallest absolute Gasteiger partial charge is 0.154 e. The summed E-state index contributed by atoms with van der Waals surface area (Å²) in [4.78, 5) is 0. The Labute approximate surface area is 104 Å². The molecule has 3 nitrogen and oxygen atoms in total. The summed E-state index contributed by atoms with van der Waals surface area (Å²) >= 11 is 3.37. The van der Waals surface area contributed by atoms with Gasteiger partial charge in [-0.2, -0.15) is 0 Å². The predicted octanol–water partition coefficient (Wildman–Crippen LogP) is 2.15. The molecule has 1 aromatic rings. The molecule has 1 fully saturated rings. The lowest BCUT2D eigenvalue weighted by atomic mass is 10.2. The first kappa shape index (κ1) is 11.9. The van der Waals surface area contributed by atoms with Crippen molar-refractivity contribution >= 4 is 25.8 Å². The van der Waals surface area contributed by atoms with Gasteiger partial charge in [-0.1, -0.05) is 28.1 Å². The number of hydrogen-bond donors (Lipinski definition) is 0. The van der Waals surface area contributed by atoms with Crippen LogP contribution in [0.3, 0.4) is 0 Å². The number of alkyl halides is 1. The van der Waals surface area contributed by atoms with E-state index in [-0.39, 0.29) is 17.6 Å². The van der Waals surface area contributed by atoms with Crippen molar-refractivity contribution in [2.45, 2.75) is 17.9 Å². The lowest BCUT2D eigenvalue weighted by molar-refractivity contribution is 0.229. The van der Waals surface area contributed by atoms with Gasteiger partial charge < -0.3 is 4.74 Å². The minimum absolute atomic E-state index is 0.144. The third-order valence-electron chi connectivity index (χ3n) is 2.55. The maximum absolute atomic E-state index is 11.3. The molecule has 1 aliphatic rings. The van der Waals surface area contributed by atoms with Crippen LogP contribution in [-0.2, 0) is 15.2 Å². The van der Waals surface area contributed by atoms with Gasteiger partial charge in [0, 0.05) is 5.33 Å². The summed E-state index contributed by atoms with van der Waals surface area (Å²) in [6.45, 7) is 0. The van der Waals surface area contributed by atoms with Gasteiger partial charge in [-0.05, 0) is 24.1 Å². The van der Waals surface area contributed by atoms with E-state index in [1.807, 2.05) is 24.3 Å². The molecule has 1 saturated heterocycles. The fourth-order valence-corrected chi connectivity index (χ4v) is 3.69. The first-order valence-corrected chi connectivity index (χ1v) is 8.05. The summed E-state index contributed by atoms with van der Waals surface area (Å²) < 4.78 is 28.2. The summed E-state index contributed by atoms with van der Waals surface area (Å²) in [7, 11) is -2.87. The highest BCUT2D eigenvalue weighted by molar-refractivity contribution is 9.08. The topological polar surface area (TPSA) is 43.4 Å². The molecule has 2 rings (SSSR count). The molecule has 0 amide bonds. The van der Waals surface area contributed by atoms with Gasteiger partial charge in [0.1, 0.15) is 11.9 Å². The monoisotopic (exact) mass is 304 g/mol. The fraction of sp³-hybridized carbons (Fsp3) is 0.455. The van der Waals surface area contributed by atoms with E-state index in [1.165, 1.54) is 0 Å². The average Bonchev–Trinajstić information content (AvgIpc) is 2.58. The van der Waals surface area contributed by atoms with E-state index in [2.05, 4.69) is 15.9 Å². The average molecular weight is 305 g/mol. The van der Waals surface area contributed by atoms with Crippen molar-refractivity contribution in [1.82, 2.24) is 0 Å². The third kappa shape index (κ3) is 2.98. The summed E-state index contributed by atoms with van der Waals surface area (Å²) in [5.41, 5.74) is 1.12. The van der Waals surface area contributed by atoms with Crippen LogP contribution in [0.15, 0.2) is 24.3 Å². The molecule has 1 heterocycles. The van der Waals surface area contributed by atoms with Gasteiger partial charge in [0.05, 0.1) is 11.5 Å². The molecule has 1 aromatic carbocycles. The summed E-state index contributed by atoms with van der Waals surface area (Å²) in [5.74, 6) is 1.14. The molecule has 0 spiro atoms. The van der Waals surface area contributed by atoms with Gasteiger partial charge >= 0.3 is 0 Å². The van der Waals surface area contributed by atoms with Crippen molar-refractivity contribution in [2.75, 3.05) is 11.5 Å². The molecule has 0 N–H and O–H groups in total. The van der Waals surface area contributed by atoms with E-state index >= 15 is 0 Å². The number of sulfone groups is 1. The lowest BCUT2D eigenvalue weighted by Gasteiger charge is -2.12. The zero-order chi connectivity index (χ0) is 11.6. The molecular formula is C11H13BrO3S. The number of ether oxygens (including phenoxy) is 1. The van der Waals surface area contributed by atoms with Crippen LogP contribution in [0.4, 0.5) is 0 Å². The minimum atomic E-state index is -2.87. The van der Waals surface area contributed by atoms with Crippen molar-refractivity contribution in [3.63, 3.8) is 0 Å². The standard InChI is InChI=1S/C11H13BrO3S/c12-7-9-2-1-3-10(6-9)15-11-4-5-16(13,14)8-11/h1-3,6,11H,4-5,7-8H2. The summed E-state index contributed by atoms with van der Waals surface area (Å²) in [6, 6.07) is 7.69. The lowest BCUT2D eigenvalue weighted by Crippen LogP contribution is -2.17. The Morgan fingerprint density at radius 3 is 2.88 bits per heavy atom. The molecular weight excluding hydrogens is 292 g/mol. The van der Waals surface area contributed by atoms with Gasteiger partial charge in [-0.3, -0.25) is 0 Å². The maximum atomic E-state index is 11.3. The van der Waals surface area contributed by atoms with Crippen LogP contribution in [0, 0.1) is 0 Å². The summed E-state index contributed by atoms with van der Waals surface area (Å²) in [6.07, 6.45) is 0.413. The minimum Gasteiger partial charge on any atom is -0.489 e. The normalized spacial score (nSPS) is 23.2. The van der Waals surface area contributed by atoms with E-state index in [1.54, 1.807) is 0 Å². The fourth-order valence-electron chi connectivity index (χ4n) is 1.75. The van der Waals surface area contributed by atoms with E-state index in [9.17, 15) is 8.42 Å². The van der Waals surface area contributed by atoms with Crippen molar-refractivity contribution in [3.05, 3.63) is 29.8 Å². The van der Waals surface area contributed by atoms with Gasteiger partial charge in [0.2, 0.25) is 0 Å². The zero-order valence-electron chi connectivity index (χ0n) is 8.73. The van der Waals surface area contributed by atoms with Crippen LogP contribution in [0.5, 0.6) is 5.75 Å². The SMILES string of the molecule is O=S1(=O)CCC(Oc2cccc(CBr)c2)C1. The molecule has 1 atom stereocenters. The predicted molar refractivity (Wildman–Crippen MR) is 66.8 cm³/mol. The molecule has 1 unspecified atom stereocenters. The first-order valence-electron chi connectivity index (χ1n) is 5.11. The Hall–Kier alpha value is -0.550. The van der Waals surface area contributed by atoms with E-state index in [0.717, 1.165) is 16.6 Å². The zero-order valence-corrected chi connectivity index (χ0v) is 11.1. The molecule has 5 heteroatoms. The van der Waals surface area contributed by atoms with Gasteiger partial charge in [-0.25, -0.2) is 8.42 Å². The number of benzene rings is 1. The highest BCUT2D eigenvalue weighted by Gasteiger charge is 2.29. The molecule has 1 aliphatic heterocycles. The Kier molecular flexibility index (Phi) is 3.54. The largest absolute Gasteiger partial charge is 0.489 e. The maximum Gasteiger partial charge on any atom is 0.154 e. The van der Waals surface area contributed by atoms with Crippen LogP contribution in [0.25, 0.3) is 0 Å². The first-order chi connectivity index (χ1) is 7.59. The van der Waals surface area contributed by atoms with E-state index in [0.29, 0.717) is 6.42 Å². The second-order valence-corrected chi connectivity index (χ2v) is 6.71. The Balaban J connectivity index is 2.04. The molecule has 0 aromatic heterocycles. The number of hydrogen-bond acceptors (Lipinski definition) is 3. The molecule has 0 bridgehead atoms. The molecule has 0 saturated carbocycles. The molecule has 16 heavy (non-hydrogen) atoms. The van der Waals surface area contributed by atoms with E-state index in [4.69, 9.17) is 4.74 Å². The molecule has 88 valence electrons. The second-order valence-electron chi connectivity index (χ2n) is 3.92. The van der Waals surface area contributed by atoms with Gasteiger partial charge in [0.25, 0.3) is 0 Å². The Bertz CT molecular complexity index is 470. The van der Waals surface area contributed by atoms with Crippen LogP contribution in [0.2, 0.25) is 0 Å². The van der Waals surface area contributed by atoms with E-state index < -0.39 is 9.84 Å². The Morgan fingerprint density at radius 1 is 1.44 bits per heavy atom. The second kappa shape index (κ2) is 4.75. The number of rotatable bonds is 3. The highest BCUT2D eigenvalue weighted by Crippen LogP contribution is 2.21. The molecule has 0 radical (unpaired) electrons. The van der Waals surface area contributed by atoms with Gasteiger partial charge in [0.15, 0.2) is 9.84 Å². The summed E-state index contributed by atoms with van der Waals surface area (Å²) in [5, 5.41) is 0.771. The quantitative estimate of drug-likeness (QED) is 0.804. The number of halogens is 1. The Morgan fingerprint density at radius 2 is 2.25 bits per heavy atom. The van der Waals surface area contributed by atoms with Crippen LogP contribution in [0.1, 0.15) is 12.0 Å². The third-order valence-corrected chi connectivity index (χ3v) is 4.93. The van der Waals surface area contributed by atoms with Crippen LogP contribution >= 0.6 is 15.9 Å².